The SMILES string of the molecule is COc1ccc(C=NNC(=O)c2cccs2)cc1OC. The maximum absolute atomic E-state index is 11.7. The number of amides is 1. The van der Waals surface area contributed by atoms with E-state index >= 15 is 0 Å². The van der Waals surface area contributed by atoms with Crippen molar-refractivity contribution in [2.75, 3.05) is 14.2 Å². The zero-order valence-electron chi connectivity index (χ0n) is 11.1. The summed E-state index contributed by atoms with van der Waals surface area (Å²) in [5.41, 5.74) is 3.27. The number of hydrazone groups is 1. The topological polar surface area (TPSA) is 59.9 Å². The van der Waals surface area contributed by atoms with Crippen LogP contribution in [0.5, 0.6) is 11.5 Å². The molecule has 1 heterocycles. The molecule has 0 saturated carbocycles. The number of nitrogens with zero attached hydrogens (tertiary/aromatic N) is 1. The van der Waals surface area contributed by atoms with Crippen molar-refractivity contribution in [3.63, 3.8) is 0 Å². The van der Waals surface area contributed by atoms with Gasteiger partial charge in [0.15, 0.2) is 11.5 Å². The summed E-state index contributed by atoms with van der Waals surface area (Å²) in [6, 6.07) is 8.94. The van der Waals surface area contributed by atoms with Crippen molar-refractivity contribution in [3.05, 3.63) is 46.2 Å². The van der Waals surface area contributed by atoms with Gasteiger partial charge in [-0.3, -0.25) is 4.79 Å². The number of nitrogens with one attached hydrogen (secondary N) is 1. The maximum atomic E-state index is 11.7. The van der Waals surface area contributed by atoms with Crippen LogP contribution in [0, 0.1) is 0 Å². The molecule has 0 aliphatic heterocycles. The van der Waals surface area contributed by atoms with Crippen molar-refractivity contribution in [2.45, 2.75) is 0 Å². The van der Waals surface area contributed by atoms with Gasteiger partial charge in [0.2, 0.25) is 0 Å². The van der Waals surface area contributed by atoms with Crippen LogP contribution in [0.1, 0.15) is 15.2 Å². The van der Waals surface area contributed by atoms with Crippen molar-refractivity contribution in [2.24, 2.45) is 5.10 Å². The Labute approximate surface area is 120 Å². The molecule has 1 amide bonds. The van der Waals surface area contributed by atoms with Crippen LogP contribution in [-0.4, -0.2) is 26.3 Å². The van der Waals surface area contributed by atoms with E-state index in [9.17, 15) is 4.79 Å². The summed E-state index contributed by atoms with van der Waals surface area (Å²) in [5.74, 6) is 1.03. The zero-order valence-corrected chi connectivity index (χ0v) is 11.9. The second-order valence-corrected chi connectivity index (χ2v) is 4.74. The minimum Gasteiger partial charge on any atom is -0.493 e. The van der Waals surface area contributed by atoms with Gasteiger partial charge in [-0.05, 0) is 35.2 Å². The molecule has 0 saturated heterocycles. The summed E-state index contributed by atoms with van der Waals surface area (Å²) >= 11 is 1.37. The van der Waals surface area contributed by atoms with Crippen molar-refractivity contribution in [1.82, 2.24) is 5.43 Å². The molecule has 20 heavy (non-hydrogen) atoms. The molecule has 0 atom stereocenters. The molecule has 2 rings (SSSR count). The third kappa shape index (κ3) is 3.36. The van der Waals surface area contributed by atoms with Crippen molar-refractivity contribution >= 4 is 23.5 Å². The molecule has 2 aromatic rings. The molecular formula is C14H14N2O3S. The van der Waals surface area contributed by atoms with E-state index in [2.05, 4.69) is 10.5 Å². The number of rotatable bonds is 5. The van der Waals surface area contributed by atoms with E-state index in [4.69, 9.17) is 9.47 Å². The lowest BCUT2D eigenvalue weighted by Gasteiger charge is -2.07. The predicted molar refractivity (Wildman–Crippen MR) is 78.9 cm³/mol. The Balaban J connectivity index is 2.03. The predicted octanol–water partition coefficient (Wildman–Crippen LogP) is 2.53. The first-order valence-corrected chi connectivity index (χ1v) is 6.71. The Kier molecular flexibility index (Phi) is 4.73. The molecule has 1 aromatic carbocycles. The largest absolute Gasteiger partial charge is 0.493 e. The molecular weight excluding hydrogens is 276 g/mol. The summed E-state index contributed by atoms with van der Waals surface area (Å²) < 4.78 is 10.3. The number of hydrogen-bond donors (Lipinski definition) is 1. The van der Waals surface area contributed by atoms with Crippen molar-refractivity contribution in [3.8, 4) is 11.5 Å². The summed E-state index contributed by atoms with van der Waals surface area (Å²) in [6.07, 6.45) is 1.55. The Morgan fingerprint density at radius 2 is 2.05 bits per heavy atom. The van der Waals surface area contributed by atoms with Crippen LogP contribution in [0.25, 0.3) is 0 Å². The first kappa shape index (κ1) is 14.1. The van der Waals surface area contributed by atoms with Crippen LogP contribution in [0.15, 0.2) is 40.8 Å². The summed E-state index contributed by atoms with van der Waals surface area (Å²) in [5, 5.41) is 5.75. The lowest BCUT2D eigenvalue weighted by Crippen LogP contribution is -2.16. The Morgan fingerprint density at radius 3 is 2.70 bits per heavy atom. The third-order valence-corrected chi connectivity index (χ3v) is 3.40. The lowest BCUT2D eigenvalue weighted by molar-refractivity contribution is 0.0959. The number of carbonyl (C=O) groups excluding carboxylic acids is 1. The zero-order chi connectivity index (χ0) is 14.4. The number of hydrogen-bond acceptors (Lipinski definition) is 5. The number of methoxy groups -OCH3 is 2. The smallest absolute Gasteiger partial charge is 0.281 e. The fourth-order valence-electron chi connectivity index (χ4n) is 1.56. The van der Waals surface area contributed by atoms with Crippen LogP contribution >= 0.6 is 11.3 Å². The van der Waals surface area contributed by atoms with E-state index in [1.54, 1.807) is 38.6 Å². The van der Waals surface area contributed by atoms with Gasteiger partial charge in [-0.15, -0.1) is 11.3 Å². The summed E-state index contributed by atoms with van der Waals surface area (Å²) in [7, 11) is 3.14. The molecule has 1 aromatic heterocycles. The highest BCUT2D eigenvalue weighted by Gasteiger charge is 2.05. The van der Waals surface area contributed by atoms with Gasteiger partial charge in [0.05, 0.1) is 25.3 Å². The fraction of sp³-hybridized carbons (Fsp3) is 0.143. The first-order chi connectivity index (χ1) is 9.74. The number of carbonyl (C=O) groups is 1. The summed E-state index contributed by atoms with van der Waals surface area (Å²) in [4.78, 5) is 12.3. The standard InChI is InChI=1S/C14H14N2O3S/c1-18-11-6-5-10(8-12(11)19-2)9-15-16-14(17)13-4-3-7-20-13/h3-9H,1-2H3,(H,16,17). The van der Waals surface area contributed by atoms with Gasteiger partial charge in [0.25, 0.3) is 5.91 Å². The van der Waals surface area contributed by atoms with E-state index in [1.165, 1.54) is 11.3 Å². The second-order valence-electron chi connectivity index (χ2n) is 3.79. The van der Waals surface area contributed by atoms with Crippen molar-refractivity contribution in [1.29, 1.82) is 0 Å². The molecule has 0 radical (unpaired) electrons. The van der Waals surface area contributed by atoms with Gasteiger partial charge < -0.3 is 9.47 Å². The minimum atomic E-state index is -0.225. The Bertz CT molecular complexity index is 609. The number of thiophene rings is 1. The highest BCUT2D eigenvalue weighted by atomic mass is 32.1. The third-order valence-electron chi connectivity index (χ3n) is 2.53. The van der Waals surface area contributed by atoms with Gasteiger partial charge >= 0.3 is 0 Å². The molecule has 0 fully saturated rings. The van der Waals surface area contributed by atoms with Gasteiger partial charge in [-0.2, -0.15) is 5.10 Å². The normalized spacial score (nSPS) is 10.5. The molecule has 6 heteroatoms. The van der Waals surface area contributed by atoms with Gasteiger partial charge in [0, 0.05) is 0 Å². The highest BCUT2D eigenvalue weighted by Crippen LogP contribution is 2.26. The fourth-order valence-corrected chi connectivity index (χ4v) is 2.17. The average molecular weight is 290 g/mol. The highest BCUT2D eigenvalue weighted by molar-refractivity contribution is 7.12. The second kappa shape index (κ2) is 6.72. The Hall–Kier alpha value is -2.34. The van der Waals surface area contributed by atoms with Crippen molar-refractivity contribution < 1.29 is 14.3 Å². The molecule has 5 nitrogen and oxygen atoms in total. The molecule has 0 unspecified atom stereocenters. The van der Waals surface area contributed by atoms with Crippen LogP contribution in [-0.2, 0) is 0 Å². The van der Waals surface area contributed by atoms with Gasteiger partial charge in [-0.1, -0.05) is 6.07 Å². The van der Waals surface area contributed by atoms with Crippen LogP contribution in [0.2, 0.25) is 0 Å². The molecule has 0 bridgehead atoms. The number of benzene rings is 1. The quantitative estimate of drug-likeness (QED) is 0.680. The molecule has 1 N–H and O–H groups in total. The van der Waals surface area contributed by atoms with E-state index in [-0.39, 0.29) is 5.91 Å². The van der Waals surface area contributed by atoms with E-state index < -0.39 is 0 Å². The van der Waals surface area contributed by atoms with Gasteiger partial charge in [0.1, 0.15) is 0 Å². The maximum Gasteiger partial charge on any atom is 0.281 e. The Morgan fingerprint density at radius 1 is 1.25 bits per heavy atom. The summed E-state index contributed by atoms with van der Waals surface area (Å²) in [6.45, 7) is 0. The van der Waals surface area contributed by atoms with Crippen LogP contribution < -0.4 is 14.9 Å². The van der Waals surface area contributed by atoms with Crippen LogP contribution in [0.3, 0.4) is 0 Å². The monoisotopic (exact) mass is 290 g/mol. The minimum absolute atomic E-state index is 0.225. The van der Waals surface area contributed by atoms with E-state index in [0.717, 1.165) is 5.56 Å². The molecule has 0 aliphatic carbocycles. The van der Waals surface area contributed by atoms with E-state index in [0.29, 0.717) is 16.4 Å². The first-order valence-electron chi connectivity index (χ1n) is 5.83. The molecule has 104 valence electrons. The van der Waals surface area contributed by atoms with Crippen LogP contribution in [0.4, 0.5) is 0 Å². The number of ether oxygens (including phenoxy) is 2. The lowest BCUT2D eigenvalue weighted by atomic mass is 10.2. The molecule has 0 spiro atoms. The van der Waals surface area contributed by atoms with E-state index in [1.807, 2.05) is 17.5 Å². The molecule has 0 aliphatic rings. The van der Waals surface area contributed by atoms with Gasteiger partial charge in [-0.25, -0.2) is 5.43 Å². The average Bonchev–Trinajstić information content (AvgIpc) is 3.01.